The minimum absolute atomic E-state index is 0.0786. The Bertz CT molecular complexity index is 1030. The maximum absolute atomic E-state index is 13.1. The monoisotopic (exact) mass is 483 g/mol. The number of amides is 2. The second kappa shape index (κ2) is 10.8. The van der Waals surface area contributed by atoms with Crippen LogP contribution in [0.15, 0.2) is 30.3 Å². The minimum atomic E-state index is -0.446. The zero-order valence-corrected chi connectivity index (χ0v) is 20.7. The number of Topliss-reactive ketones (excluding diaryl/α,β-unsaturated/α-hetero) is 1. The van der Waals surface area contributed by atoms with Crippen molar-refractivity contribution < 1.29 is 19.1 Å². The van der Waals surface area contributed by atoms with Crippen molar-refractivity contribution in [1.29, 1.82) is 0 Å². The topological polar surface area (TPSA) is 97.4 Å². The Balaban J connectivity index is 1.40. The highest BCUT2D eigenvalue weighted by Gasteiger charge is 2.37. The maximum Gasteiger partial charge on any atom is 0.226 e. The fraction of sp³-hybridized carbons (Fsp3) is 0.538. The summed E-state index contributed by atoms with van der Waals surface area (Å²) in [5.74, 6) is -0.441. The molecule has 8 heteroatoms. The number of rotatable bonds is 8. The average Bonchev–Trinajstić information content (AvgIpc) is 3.26. The maximum atomic E-state index is 13.1. The van der Waals surface area contributed by atoms with Crippen molar-refractivity contribution in [1.82, 2.24) is 10.3 Å². The van der Waals surface area contributed by atoms with Crippen molar-refractivity contribution in [2.24, 2.45) is 11.8 Å². The van der Waals surface area contributed by atoms with Gasteiger partial charge in [0.25, 0.3) is 0 Å². The molecule has 2 aliphatic rings. The number of aromatic nitrogens is 1. The van der Waals surface area contributed by atoms with Crippen LogP contribution in [0.25, 0.3) is 0 Å². The molecule has 182 valence electrons. The summed E-state index contributed by atoms with van der Waals surface area (Å²) in [4.78, 5) is 43.2. The molecule has 1 aromatic carbocycles. The number of hydrogen-bond acceptors (Lipinski definition) is 6. The van der Waals surface area contributed by atoms with Gasteiger partial charge in [-0.2, -0.15) is 0 Å². The third-order valence-electron chi connectivity index (χ3n) is 7.11. The number of benzene rings is 1. The Hall–Kier alpha value is -2.58. The van der Waals surface area contributed by atoms with Gasteiger partial charge in [-0.1, -0.05) is 61.9 Å². The molecule has 1 aliphatic carbocycles. The van der Waals surface area contributed by atoms with E-state index >= 15 is 0 Å². The van der Waals surface area contributed by atoms with Crippen LogP contribution in [0, 0.1) is 11.8 Å². The van der Waals surface area contributed by atoms with Gasteiger partial charge in [-0.25, -0.2) is 4.98 Å². The summed E-state index contributed by atoms with van der Waals surface area (Å²) in [6.07, 6.45) is 3.62. The Morgan fingerprint density at radius 2 is 1.94 bits per heavy atom. The highest BCUT2D eigenvalue weighted by molar-refractivity contribution is 7.17. The lowest BCUT2D eigenvalue weighted by molar-refractivity contribution is -0.125. The van der Waals surface area contributed by atoms with Crippen LogP contribution in [-0.2, 0) is 26.2 Å². The van der Waals surface area contributed by atoms with E-state index in [-0.39, 0.29) is 29.4 Å². The van der Waals surface area contributed by atoms with Crippen LogP contribution < -0.4 is 10.6 Å². The lowest BCUT2D eigenvalue weighted by Gasteiger charge is -2.38. The van der Waals surface area contributed by atoms with Crippen molar-refractivity contribution in [3.05, 3.63) is 46.5 Å². The van der Waals surface area contributed by atoms with E-state index < -0.39 is 5.92 Å². The Morgan fingerprint density at radius 3 is 2.65 bits per heavy atom. The first-order valence-electron chi connectivity index (χ1n) is 12.1. The SMILES string of the molecule is CCC(C)CC(=O)Nc1nc2c(s1)C(=O)CC(C(=O)NCC1(c3ccccc3)CCOCC1)C2. The summed E-state index contributed by atoms with van der Waals surface area (Å²) in [5.41, 5.74) is 1.66. The van der Waals surface area contributed by atoms with Crippen LogP contribution >= 0.6 is 11.3 Å². The fourth-order valence-electron chi connectivity index (χ4n) is 4.72. The number of hydrogen-bond donors (Lipinski definition) is 2. The van der Waals surface area contributed by atoms with Crippen molar-refractivity contribution in [3.8, 4) is 0 Å². The zero-order chi connectivity index (χ0) is 24.1. The molecule has 1 fully saturated rings. The van der Waals surface area contributed by atoms with E-state index in [0.717, 1.165) is 19.3 Å². The summed E-state index contributed by atoms with van der Waals surface area (Å²) in [6, 6.07) is 10.3. The Morgan fingerprint density at radius 1 is 1.21 bits per heavy atom. The summed E-state index contributed by atoms with van der Waals surface area (Å²) in [6.45, 7) is 5.93. The summed E-state index contributed by atoms with van der Waals surface area (Å²) in [7, 11) is 0. The molecular formula is C26H33N3O4S. The average molecular weight is 484 g/mol. The number of fused-ring (bicyclic) bond motifs is 1. The summed E-state index contributed by atoms with van der Waals surface area (Å²) < 4.78 is 5.59. The molecular weight excluding hydrogens is 450 g/mol. The van der Waals surface area contributed by atoms with Gasteiger partial charge in [0, 0.05) is 44.4 Å². The van der Waals surface area contributed by atoms with Gasteiger partial charge in [0.2, 0.25) is 11.8 Å². The number of nitrogens with zero attached hydrogens (tertiary/aromatic N) is 1. The van der Waals surface area contributed by atoms with Crippen LogP contribution in [0.4, 0.5) is 5.13 Å². The molecule has 0 saturated carbocycles. The number of ether oxygens (including phenoxy) is 1. The van der Waals surface area contributed by atoms with E-state index in [0.29, 0.717) is 54.2 Å². The first-order valence-corrected chi connectivity index (χ1v) is 13.0. The van der Waals surface area contributed by atoms with E-state index in [1.54, 1.807) is 0 Å². The smallest absolute Gasteiger partial charge is 0.226 e. The van der Waals surface area contributed by atoms with Crippen LogP contribution in [-0.4, -0.2) is 42.3 Å². The molecule has 0 bridgehead atoms. The number of carbonyl (C=O) groups is 3. The number of carbonyl (C=O) groups excluding carboxylic acids is 3. The van der Waals surface area contributed by atoms with Gasteiger partial charge in [-0.15, -0.1) is 0 Å². The molecule has 1 saturated heterocycles. The first-order chi connectivity index (χ1) is 16.4. The predicted molar refractivity (Wildman–Crippen MR) is 132 cm³/mol. The van der Waals surface area contributed by atoms with Crippen molar-refractivity contribution in [2.75, 3.05) is 25.1 Å². The van der Waals surface area contributed by atoms with Gasteiger partial charge in [0.15, 0.2) is 10.9 Å². The second-order valence-corrected chi connectivity index (χ2v) is 10.6. The molecule has 2 atom stereocenters. The van der Waals surface area contributed by atoms with Gasteiger partial charge >= 0.3 is 0 Å². The van der Waals surface area contributed by atoms with Gasteiger partial charge in [-0.05, 0) is 24.3 Å². The quantitative estimate of drug-likeness (QED) is 0.588. The third-order valence-corrected chi connectivity index (χ3v) is 8.16. The van der Waals surface area contributed by atoms with E-state index in [1.165, 1.54) is 16.9 Å². The zero-order valence-electron chi connectivity index (χ0n) is 19.9. The number of thiazole rings is 1. The molecule has 1 aliphatic heterocycles. The molecule has 0 radical (unpaired) electrons. The highest BCUT2D eigenvalue weighted by Crippen LogP contribution is 2.35. The molecule has 0 spiro atoms. The highest BCUT2D eigenvalue weighted by atomic mass is 32.1. The largest absolute Gasteiger partial charge is 0.381 e. The fourth-order valence-corrected chi connectivity index (χ4v) is 5.68. The summed E-state index contributed by atoms with van der Waals surface area (Å²) >= 11 is 1.21. The van der Waals surface area contributed by atoms with Crippen LogP contribution in [0.5, 0.6) is 0 Å². The van der Waals surface area contributed by atoms with Crippen molar-refractivity contribution in [3.63, 3.8) is 0 Å². The Labute approximate surface area is 204 Å². The number of nitrogens with one attached hydrogen (secondary N) is 2. The third kappa shape index (κ3) is 5.55. The molecule has 2 N–H and O–H groups in total. The summed E-state index contributed by atoms with van der Waals surface area (Å²) in [5, 5.41) is 6.41. The molecule has 4 rings (SSSR count). The number of anilines is 1. The van der Waals surface area contributed by atoms with Gasteiger partial charge < -0.3 is 15.4 Å². The van der Waals surface area contributed by atoms with E-state index in [1.807, 2.05) is 32.0 Å². The van der Waals surface area contributed by atoms with E-state index in [4.69, 9.17) is 4.74 Å². The van der Waals surface area contributed by atoms with Crippen LogP contribution in [0.3, 0.4) is 0 Å². The standard InChI is InChI=1S/C26H33N3O4S/c1-3-17(2)13-22(31)29-25-28-20-14-18(15-21(30)23(20)34-25)24(32)27-16-26(9-11-33-12-10-26)19-7-5-4-6-8-19/h4-8,17-18H,3,9-16H2,1-2H3,(H,27,32)(H,28,29,31). The van der Waals surface area contributed by atoms with Gasteiger partial charge in [0.1, 0.15) is 0 Å². The van der Waals surface area contributed by atoms with Crippen LogP contribution in [0.2, 0.25) is 0 Å². The molecule has 2 amide bonds. The Kier molecular flexibility index (Phi) is 7.78. The number of ketones is 1. The minimum Gasteiger partial charge on any atom is -0.381 e. The van der Waals surface area contributed by atoms with Crippen molar-refractivity contribution in [2.45, 2.75) is 57.8 Å². The van der Waals surface area contributed by atoms with E-state index in [2.05, 4.69) is 27.8 Å². The second-order valence-electron chi connectivity index (χ2n) is 9.57. The molecule has 2 aromatic rings. The van der Waals surface area contributed by atoms with Crippen LogP contribution in [0.1, 0.15) is 66.9 Å². The predicted octanol–water partition coefficient (Wildman–Crippen LogP) is 4.13. The van der Waals surface area contributed by atoms with E-state index in [9.17, 15) is 14.4 Å². The molecule has 2 heterocycles. The lowest BCUT2D eigenvalue weighted by Crippen LogP contribution is -2.46. The first kappa shape index (κ1) is 24.5. The van der Waals surface area contributed by atoms with Gasteiger partial charge in [-0.3, -0.25) is 14.4 Å². The van der Waals surface area contributed by atoms with Gasteiger partial charge in [0.05, 0.1) is 16.5 Å². The molecule has 7 nitrogen and oxygen atoms in total. The molecule has 1 aromatic heterocycles. The lowest BCUT2D eigenvalue weighted by atomic mass is 9.74. The normalized spacial score (nSPS) is 20.3. The van der Waals surface area contributed by atoms with Crippen molar-refractivity contribution >= 4 is 34.1 Å². The molecule has 34 heavy (non-hydrogen) atoms. The molecule has 2 unspecified atom stereocenters.